The maximum absolute atomic E-state index is 6.32. The first kappa shape index (κ1) is 25.8. The molecule has 0 radical (unpaired) electrons. The molecule has 0 aliphatic heterocycles. The van der Waals surface area contributed by atoms with E-state index in [9.17, 15) is 0 Å². The van der Waals surface area contributed by atoms with E-state index in [0.29, 0.717) is 5.89 Å². The summed E-state index contributed by atoms with van der Waals surface area (Å²) in [6.45, 7) is 0. The molecule has 0 spiro atoms. The van der Waals surface area contributed by atoms with E-state index in [1.807, 2.05) is 47.7 Å². The molecular weight excluding hydrogens is 569 g/mol. The highest BCUT2D eigenvalue weighted by Crippen LogP contribution is 2.42. The number of hydrogen-bond donors (Lipinski definition) is 0. The fourth-order valence-corrected chi connectivity index (χ4v) is 7.57. The zero-order valence-electron chi connectivity index (χ0n) is 24.2. The molecule has 0 aliphatic rings. The molecule has 7 aromatic carbocycles. The molecule has 0 saturated carbocycles. The SMILES string of the molecule is c1ccc(-c2nc3ccc4cc(N(c5ccccc5)c5ccc(-c6cccc7c6sc6ccccc67)cc5)ccc4c3o2)cc1. The van der Waals surface area contributed by atoms with Crippen molar-refractivity contribution in [2.24, 2.45) is 0 Å². The molecule has 0 amide bonds. The standard InChI is InChI=1S/C41H26N2OS/c1-3-10-28(11-4-1)41-42-37-25-20-29-26-32(23-24-33(29)39(37)44-41)43(30-12-5-2-6-13-30)31-21-18-27(19-22-31)34-15-9-16-36-35-14-7-8-17-38(35)45-40(34)36/h1-26H. The van der Waals surface area contributed by atoms with Crippen molar-refractivity contribution in [2.45, 2.75) is 0 Å². The number of fused-ring (bicyclic) bond motifs is 6. The molecule has 0 saturated heterocycles. The van der Waals surface area contributed by atoms with Crippen LogP contribution in [0.25, 0.3) is 64.6 Å². The molecule has 45 heavy (non-hydrogen) atoms. The molecule has 3 nitrogen and oxygen atoms in total. The van der Waals surface area contributed by atoms with Crippen LogP contribution < -0.4 is 4.90 Å². The molecule has 9 aromatic rings. The monoisotopic (exact) mass is 594 g/mol. The second-order valence-electron chi connectivity index (χ2n) is 11.2. The Bertz CT molecular complexity index is 2480. The van der Waals surface area contributed by atoms with Crippen LogP contribution >= 0.6 is 11.3 Å². The van der Waals surface area contributed by atoms with E-state index in [4.69, 9.17) is 9.40 Å². The summed E-state index contributed by atoms with van der Waals surface area (Å²) >= 11 is 1.87. The summed E-state index contributed by atoms with van der Waals surface area (Å²) in [5.74, 6) is 0.638. The second kappa shape index (κ2) is 10.5. The Morgan fingerprint density at radius 3 is 2.07 bits per heavy atom. The van der Waals surface area contributed by atoms with E-state index < -0.39 is 0 Å². The molecular formula is C41H26N2OS. The van der Waals surface area contributed by atoms with Gasteiger partial charge in [0.05, 0.1) is 0 Å². The molecule has 4 heteroatoms. The molecule has 0 bridgehead atoms. The number of aromatic nitrogens is 1. The number of rotatable bonds is 5. The lowest BCUT2D eigenvalue weighted by molar-refractivity contribution is 0.623. The summed E-state index contributed by atoms with van der Waals surface area (Å²) < 4.78 is 8.97. The van der Waals surface area contributed by atoms with Crippen LogP contribution in [-0.4, -0.2) is 4.98 Å². The number of thiophene rings is 1. The largest absolute Gasteiger partial charge is 0.435 e. The van der Waals surface area contributed by atoms with Crippen molar-refractivity contribution in [3.8, 4) is 22.6 Å². The number of oxazole rings is 1. The third-order valence-electron chi connectivity index (χ3n) is 8.49. The quantitative estimate of drug-likeness (QED) is 0.198. The Morgan fingerprint density at radius 2 is 1.22 bits per heavy atom. The van der Waals surface area contributed by atoms with E-state index in [2.05, 4.69) is 126 Å². The molecule has 0 N–H and O–H groups in total. The fraction of sp³-hybridized carbons (Fsp3) is 0. The van der Waals surface area contributed by atoms with Gasteiger partial charge in [-0.15, -0.1) is 11.3 Å². The third-order valence-corrected chi connectivity index (χ3v) is 9.71. The minimum absolute atomic E-state index is 0.638. The Hall–Kier alpha value is -5.71. The van der Waals surface area contributed by atoms with Gasteiger partial charge in [0.1, 0.15) is 5.52 Å². The smallest absolute Gasteiger partial charge is 0.227 e. The van der Waals surface area contributed by atoms with Gasteiger partial charge < -0.3 is 9.32 Å². The summed E-state index contributed by atoms with van der Waals surface area (Å²) in [6, 6.07) is 55.6. The molecule has 0 fully saturated rings. The summed E-state index contributed by atoms with van der Waals surface area (Å²) in [5.41, 5.74) is 8.40. The number of benzene rings is 7. The van der Waals surface area contributed by atoms with Crippen molar-refractivity contribution in [3.63, 3.8) is 0 Å². The first-order valence-electron chi connectivity index (χ1n) is 15.0. The average Bonchev–Trinajstić information content (AvgIpc) is 3.72. The summed E-state index contributed by atoms with van der Waals surface area (Å²) in [6.07, 6.45) is 0. The van der Waals surface area contributed by atoms with E-state index >= 15 is 0 Å². The van der Waals surface area contributed by atoms with Crippen molar-refractivity contribution >= 4 is 70.4 Å². The molecule has 2 heterocycles. The molecule has 2 aromatic heterocycles. The van der Waals surface area contributed by atoms with Crippen LogP contribution in [0.4, 0.5) is 17.1 Å². The van der Waals surface area contributed by atoms with E-state index in [-0.39, 0.29) is 0 Å². The van der Waals surface area contributed by atoms with Crippen molar-refractivity contribution in [1.29, 1.82) is 0 Å². The van der Waals surface area contributed by atoms with Crippen LogP contribution in [0.2, 0.25) is 0 Å². The van der Waals surface area contributed by atoms with Gasteiger partial charge in [-0.25, -0.2) is 4.98 Å². The summed E-state index contributed by atoms with van der Waals surface area (Å²) in [4.78, 5) is 7.08. The predicted molar refractivity (Wildman–Crippen MR) is 190 cm³/mol. The first-order valence-corrected chi connectivity index (χ1v) is 15.9. The highest BCUT2D eigenvalue weighted by atomic mass is 32.1. The maximum Gasteiger partial charge on any atom is 0.227 e. The van der Waals surface area contributed by atoms with E-state index in [1.165, 1.54) is 31.3 Å². The van der Waals surface area contributed by atoms with Gasteiger partial charge in [-0.1, -0.05) is 91.0 Å². The van der Waals surface area contributed by atoms with Crippen LogP contribution in [-0.2, 0) is 0 Å². The van der Waals surface area contributed by atoms with Crippen LogP contribution in [0.1, 0.15) is 0 Å². The zero-order valence-corrected chi connectivity index (χ0v) is 25.0. The number of hydrogen-bond acceptors (Lipinski definition) is 4. The highest BCUT2D eigenvalue weighted by molar-refractivity contribution is 7.26. The number of nitrogens with zero attached hydrogens (tertiary/aromatic N) is 2. The van der Waals surface area contributed by atoms with Gasteiger partial charge >= 0.3 is 0 Å². The maximum atomic E-state index is 6.32. The Kier molecular flexibility index (Phi) is 6.00. The van der Waals surface area contributed by atoms with Gasteiger partial charge in [0.25, 0.3) is 0 Å². The van der Waals surface area contributed by atoms with Crippen LogP contribution in [0.5, 0.6) is 0 Å². The first-order chi connectivity index (χ1) is 22.3. The fourth-order valence-electron chi connectivity index (χ4n) is 6.33. The van der Waals surface area contributed by atoms with Gasteiger partial charge in [0.15, 0.2) is 5.58 Å². The lowest BCUT2D eigenvalue weighted by atomic mass is 10.0. The molecule has 9 rings (SSSR count). The van der Waals surface area contributed by atoms with Crippen molar-refractivity contribution in [1.82, 2.24) is 4.98 Å². The lowest BCUT2D eigenvalue weighted by Crippen LogP contribution is -2.09. The Morgan fingerprint density at radius 1 is 0.511 bits per heavy atom. The number of anilines is 3. The minimum atomic E-state index is 0.638. The Labute approximate surface area is 264 Å². The topological polar surface area (TPSA) is 29.3 Å². The summed E-state index contributed by atoms with van der Waals surface area (Å²) in [7, 11) is 0. The molecule has 0 atom stereocenters. The molecule has 0 unspecified atom stereocenters. The molecule has 212 valence electrons. The number of para-hydroxylation sites is 1. The van der Waals surface area contributed by atoms with Gasteiger partial charge in [-0.05, 0) is 83.2 Å². The second-order valence-corrected chi connectivity index (χ2v) is 12.3. The lowest BCUT2D eigenvalue weighted by Gasteiger charge is -2.26. The third kappa shape index (κ3) is 4.38. The molecule has 0 aliphatic carbocycles. The average molecular weight is 595 g/mol. The van der Waals surface area contributed by atoms with Gasteiger partial charge in [0.2, 0.25) is 5.89 Å². The van der Waals surface area contributed by atoms with Crippen LogP contribution in [0.15, 0.2) is 162 Å². The summed E-state index contributed by atoms with van der Waals surface area (Å²) in [5, 5.41) is 4.79. The highest BCUT2D eigenvalue weighted by Gasteiger charge is 2.17. The van der Waals surface area contributed by atoms with Gasteiger partial charge in [-0.3, -0.25) is 0 Å². The van der Waals surface area contributed by atoms with E-state index in [1.54, 1.807) is 0 Å². The van der Waals surface area contributed by atoms with Crippen molar-refractivity contribution in [3.05, 3.63) is 158 Å². The predicted octanol–water partition coefficient (Wildman–Crippen LogP) is 12.2. The van der Waals surface area contributed by atoms with Crippen molar-refractivity contribution in [2.75, 3.05) is 4.90 Å². The Balaban J connectivity index is 1.13. The van der Waals surface area contributed by atoms with Crippen LogP contribution in [0.3, 0.4) is 0 Å². The van der Waals surface area contributed by atoms with Gasteiger partial charge in [0, 0.05) is 48.2 Å². The van der Waals surface area contributed by atoms with E-state index in [0.717, 1.165) is 44.5 Å². The van der Waals surface area contributed by atoms with Crippen LogP contribution in [0, 0.1) is 0 Å². The zero-order chi connectivity index (χ0) is 29.7. The normalized spacial score (nSPS) is 11.6. The van der Waals surface area contributed by atoms with Gasteiger partial charge in [-0.2, -0.15) is 0 Å². The van der Waals surface area contributed by atoms with Crippen molar-refractivity contribution < 1.29 is 4.42 Å². The minimum Gasteiger partial charge on any atom is -0.435 e.